The summed E-state index contributed by atoms with van der Waals surface area (Å²) in [6, 6.07) is 3.90. The Bertz CT molecular complexity index is 363. The van der Waals surface area contributed by atoms with Gasteiger partial charge >= 0.3 is 6.18 Å². The van der Waals surface area contributed by atoms with Gasteiger partial charge in [-0.1, -0.05) is 13.8 Å². The van der Waals surface area contributed by atoms with Crippen LogP contribution in [0.3, 0.4) is 0 Å². The third-order valence-electron chi connectivity index (χ3n) is 2.36. The van der Waals surface area contributed by atoms with E-state index >= 15 is 0 Å². The molecule has 1 rings (SSSR count). The number of hydrogen-bond acceptors (Lipinski definition) is 3. The van der Waals surface area contributed by atoms with E-state index in [2.05, 4.69) is 10.3 Å². The number of alkyl halides is 3. The van der Waals surface area contributed by atoms with Crippen molar-refractivity contribution in [2.24, 2.45) is 0 Å². The van der Waals surface area contributed by atoms with Crippen LogP contribution in [-0.2, 0) is 6.54 Å². The molecule has 6 heteroatoms. The number of nitrogens with one attached hydrogen (secondary N) is 1. The van der Waals surface area contributed by atoms with Crippen molar-refractivity contribution < 1.29 is 17.9 Å². The minimum absolute atomic E-state index is 0.0415. The van der Waals surface area contributed by atoms with Crippen LogP contribution in [0.4, 0.5) is 13.2 Å². The number of halogens is 3. The zero-order valence-corrected chi connectivity index (χ0v) is 11.1. The molecule has 1 aromatic heterocycles. The van der Waals surface area contributed by atoms with Gasteiger partial charge in [0, 0.05) is 19.0 Å². The molecule has 0 atom stereocenters. The summed E-state index contributed by atoms with van der Waals surface area (Å²) in [6.45, 7) is 4.78. The first-order valence-electron chi connectivity index (χ1n) is 6.24. The summed E-state index contributed by atoms with van der Waals surface area (Å²) >= 11 is 0. The second-order valence-electron chi connectivity index (χ2n) is 4.59. The second kappa shape index (κ2) is 7.33. The number of nitrogens with zero attached hydrogens (tertiary/aromatic N) is 1. The maximum Gasteiger partial charge on any atom is 0.389 e. The zero-order valence-electron chi connectivity index (χ0n) is 11.1. The molecule has 0 aliphatic heterocycles. The van der Waals surface area contributed by atoms with Crippen molar-refractivity contribution in [3.8, 4) is 5.75 Å². The lowest BCUT2D eigenvalue weighted by molar-refractivity contribution is -0.136. The van der Waals surface area contributed by atoms with Crippen LogP contribution in [0.25, 0.3) is 0 Å². The van der Waals surface area contributed by atoms with Crippen LogP contribution < -0.4 is 10.1 Å². The summed E-state index contributed by atoms with van der Waals surface area (Å²) in [6.07, 6.45) is -3.45. The lowest BCUT2D eigenvalue weighted by Crippen LogP contribution is -2.22. The molecule has 0 aromatic carbocycles. The molecular formula is C13H19F3N2O. The zero-order chi connectivity index (χ0) is 14.3. The normalized spacial score (nSPS) is 11.9. The standard InChI is InChI=1S/C13H19F3N2O/c1-10(2)17-8-11-4-5-12(9-18-11)19-7-3-6-13(14,15)16/h4-5,9-10,17H,3,6-8H2,1-2H3. The van der Waals surface area contributed by atoms with E-state index in [-0.39, 0.29) is 13.0 Å². The predicted octanol–water partition coefficient (Wildman–Crippen LogP) is 3.30. The van der Waals surface area contributed by atoms with Gasteiger partial charge in [-0.3, -0.25) is 4.98 Å². The molecular weight excluding hydrogens is 257 g/mol. The molecule has 1 heterocycles. The molecule has 0 saturated carbocycles. The Morgan fingerprint density at radius 3 is 2.58 bits per heavy atom. The number of ether oxygens (including phenoxy) is 1. The highest BCUT2D eigenvalue weighted by atomic mass is 19.4. The fourth-order valence-electron chi connectivity index (χ4n) is 1.37. The average Bonchev–Trinajstić information content (AvgIpc) is 2.32. The summed E-state index contributed by atoms with van der Waals surface area (Å²) in [5, 5.41) is 3.22. The Balaban J connectivity index is 2.28. The van der Waals surface area contributed by atoms with Gasteiger partial charge < -0.3 is 10.1 Å². The molecule has 0 bridgehead atoms. The first kappa shape index (κ1) is 15.8. The van der Waals surface area contributed by atoms with Crippen molar-refractivity contribution in [2.45, 2.75) is 45.5 Å². The smallest absolute Gasteiger partial charge is 0.389 e. The summed E-state index contributed by atoms with van der Waals surface area (Å²) in [7, 11) is 0. The molecule has 0 spiro atoms. The molecule has 0 unspecified atom stereocenters. The van der Waals surface area contributed by atoms with E-state index in [1.165, 1.54) is 6.20 Å². The van der Waals surface area contributed by atoms with Crippen molar-refractivity contribution in [1.29, 1.82) is 0 Å². The van der Waals surface area contributed by atoms with Gasteiger partial charge in [-0.05, 0) is 18.6 Å². The molecule has 1 aromatic rings. The quantitative estimate of drug-likeness (QED) is 0.776. The van der Waals surface area contributed by atoms with E-state index in [0.717, 1.165) is 5.69 Å². The minimum atomic E-state index is -4.12. The molecule has 1 N–H and O–H groups in total. The Labute approximate surface area is 111 Å². The van der Waals surface area contributed by atoms with Gasteiger partial charge in [0.1, 0.15) is 5.75 Å². The fourth-order valence-corrected chi connectivity index (χ4v) is 1.37. The van der Waals surface area contributed by atoms with E-state index in [4.69, 9.17) is 4.74 Å². The highest BCUT2D eigenvalue weighted by Gasteiger charge is 2.26. The van der Waals surface area contributed by atoms with Crippen LogP contribution in [0.15, 0.2) is 18.3 Å². The van der Waals surface area contributed by atoms with Crippen molar-refractivity contribution in [1.82, 2.24) is 10.3 Å². The molecule has 3 nitrogen and oxygen atoms in total. The lowest BCUT2D eigenvalue weighted by Gasteiger charge is -2.09. The molecule has 0 aliphatic carbocycles. The van der Waals surface area contributed by atoms with Crippen molar-refractivity contribution in [3.05, 3.63) is 24.0 Å². The van der Waals surface area contributed by atoms with Gasteiger partial charge in [0.15, 0.2) is 0 Å². The second-order valence-corrected chi connectivity index (χ2v) is 4.59. The summed E-state index contributed by atoms with van der Waals surface area (Å²) in [4.78, 5) is 4.17. The first-order chi connectivity index (χ1) is 8.87. The van der Waals surface area contributed by atoms with Crippen LogP contribution in [0.2, 0.25) is 0 Å². The molecule has 0 radical (unpaired) electrons. The van der Waals surface area contributed by atoms with E-state index in [0.29, 0.717) is 18.3 Å². The highest BCUT2D eigenvalue weighted by molar-refractivity contribution is 5.19. The number of hydrogen-bond donors (Lipinski definition) is 1. The van der Waals surface area contributed by atoms with E-state index in [9.17, 15) is 13.2 Å². The SMILES string of the molecule is CC(C)NCc1ccc(OCCCC(F)(F)F)cn1. The summed E-state index contributed by atoms with van der Waals surface area (Å²) < 4.78 is 40.9. The molecule has 0 aliphatic rings. The van der Waals surface area contributed by atoms with Gasteiger partial charge in [-0.15, -0.1) is 0 Å². The third-order valence-corrected chi connectivity index (χ3v) is 2.36. The topological polar surface area (TPSA) is 34.1 Å². The number of pyridine rings is 1. The van der Waals surface area contributed by atoms with Crippen LogP contribution in [-0.4, -0.2) is 23.8 Å². The largest absolute Gasteiger partial charge is 0.492 e. The van der Waals surface area contributed by atoms with Gasteiger partial charge in [0.05, 0.1) is 18.5 Å². The van der Waals surface area contributed by atoms with Gasteiger partial charge in [0.25, 0.3) is 0 Å². The Morgan fingerprint density at radius 2 is 2.05 bits per heavy atom. The van der Waals surface area contributed by atoms with Crippen LogP contribution in [0, 0.1) is 0 Å². The Morgan fingerprint density at radius 1 is 1.32 bits per heavy atom. The lowest BCUT2D eigenvalue weighted by atomic mass is 10.3. The number of rotatable bonds is 7. The van der Waals surface area contributed by atoms with Gasteiger partial charge in [0.2, 0.25) is 0 Å². The maximum atomic E-state index is 11.9. The average molecular weight is 276 g/mol. The van der Waals surface area contributed by atoms with Crippen LogP contribution in [0.5, 0.6) is 5.75 Å². The van der Waals surface area contributed by atoms with Crippen LogP contribution >= 0.6 is 0 Å². The minimum Gasteiger partial charge on any atom is -0.492 e. The summed E-state index contributed by atoms with van der Waals surface area (Å²) in [5.41, 5.74) is 0.872. The van der Waals surface area contributed by atoms with E-state index in [1.54, 1.807) is 12.1 Å². The predicted molar refractivity (Wildman–Crippen MR) is 67.0 cm³/mol. The van der Waals surface area contributed by atoms with Crippen molar-refractivity contribution in [3.63, 3.8) is 0 Å². The molecule has 0 saturated heterocycles. The van der Waals surface area contributed by atoms with E-state index < -0.39 is 12.6 Å². The van der Waals surface area contributed by atoms with E-state index in [1.807, 2.05) is 13.8 Å². The van der Waals surface area contributed by atoms with Gasteiger partial charge in [-0.2, -0.15) is 13.2 Å². The Kier molecular flexibility index (Phi) is 6.08. The van der Waals surface area contributed by atoms with Crippen LogP contribution in [0.1, 0.15) is 32.4 Å². The number of aromatic nitrogens is 1. The monoisotopic (exact) mass is 276 g/mol. The maximum absolute atomic E-state index is 11.9. The molecule has 0 fully saturated rings. The summed E-state index contributed by atoms with van der Waals surface area (Å²) in [5.74, 6) is 0.496. The fraction of sp³-hybridized carbons (Fsp3) is 0.615. The third kappa shape index (κ3) is 7.66. The van der Waals surface area contributed by atoms with Crippen molar-refractivity contribution >= 4 is 0 Å². The van der Waals surface area contributed by atoms with Gasteiger partial charge in [-0.25, -0.2) is 0 Å². The Hall–Kier alpha value is -1.30. The molecule has 108 valence electrons. The molecule has 0 amide bonds. The first-order valence-corrected chi connectivity index (χ1v) is 6.24. The molecule has 19 heavy (non-hydrogen) atoms. The van der Waals surface area contributed by atoms with Crippen molar-refractivity contribution in [2.75, 3.05) is 6.61 Å². The highest BCUT2D eigenvalue weighted by Crippen LogP contribution is 2.21.